The first kappa shape index (κ1) is 15.4. The van der Waals surface area contributed by atoms with Crippen LogP contribution in [0.25, 0.3) is 0 Å². The first-order valence-corrected chi connectivity index (χ1v) is 5.67. The average Bonchev–Trinajstić information content (AvgIpc) is 2.26. The number of hydrogen-bond donors (Lipinski definition) is 3. The zero-order valence-corrected chi connectivity index (χ0v) is 10.2. The summed E-state index contributed by atoms with van der Waals surface area (Å²) in [5.74, 6) is -0.512. The van der Waals surface area contributed by atoms with Crippen molar-refractivity contribution >= 4 is 17.6 Å². The van der Waals surface area contributed by atoms with Crippen molar-refractivity contribution < 1.29 is 9.90 Å². The Morgan fingerprint density at radius 3 is 2.35 bits per heavy atom. The van der Waals surface area contributed by atoms with Crippen LogP contribution in [-0.2, 0) is 0 Å². The van der Waals surface area contributed by atoms with Gasteiger partial charge in [0.2, 0.25) is 0 Å². The van der Waals surface area contributed by atoms with E-state index >= 15 is 0 Å². The van der Waals surface area contributed by atoms with E-state index in [-0.39, 0.29) is 0 Å². The van der Waals surface area contributed by atoms with Crippen molar-refractivity contribution in [2.75, 3.05) is 5.88 Å². The van der Waals surface area contributed by atoms with Crippen LogP contribution in [0.2, 0.25) is 0 Å². The molecular formula is C10H15ClN2O4. The lowest BCUT2D eigenvalue weighted by Gasteiger charge is -1.89. The smallest absolute Gasteiger partial charge is 0.352 e. The first-order chi connectivity index (χ1) is 8.01. The lowest BCUT2D eigenvalue weighted by atomic mass is 10.3. The molecule has 17 heavy (non-hydrogen) atoms. The average molecular weight is 263 g/mol. The predicted octanol–water partition coefficient (Wildman–Crippen LogP) is 1.18. The van der Waals surface area contributed by atoms with Gasteiger partial charge in [-0.1, -0.05) is 19.8 Å². The van der Waals surface area contributed by atoms with E-state index in [1.807, 2.05) is 9.97 Å². The fraction of sp³-hybridized carbons (Fsp3) is 0.500. The van der Waals surface area contributed by atoms with Crippen molar-refractivity contribution in [2.24, 2.45) is 0 Å². The van der Waals surface area contributed by atoms with E-state index in [4.69, 9.17) is 16.7 Å². The molecule has 1 aromatic rings. The van der Waals surface area contributed by atoms with Crippen molar-refractivity contribution in [3.05, 3.63) is 32.6 Å². The maximum Gasteiger partial charge on any atom is 0.352 e. The van der Waals surface area contributed by atoms with Gasteiger partial charge < -0.3 is 10.1 Å². The van der Waals surface area contributed by atoms with Crippen LogP contribution in [-0.4, -0.2) is 26.9 Å². The number of aromatic amines is 2. The maximum absolute atomic E-state index is 10.5. The molecular weight excluding hydrogens is 248 g/mol. The zero-order valence-electron chi connectivity index (χ0n) is 9.46. The summed E-state index contributed by atoms with van der Waals surface area (Å²) < 4.78 is 0. The molecule has 0 fully saturated rings. The van der Waals surface area contributed by atoms with Crippen LogP contribution in [0.5, 0.6) is 0 Å². The van der Waals surface area contributed by atoms with E-state index in [1.165, 1.54) is 19.3 Å². The van der Waals surface area contributed by atoms with Crippen molar-refractivity contribution in [1.82, 2.24) is 9.97 Å². The molecule has 0 atom stereocenters. The van der Waals surface area contributed by atoms with Crippen LogP contribution in [0.15, 0.2) is 15.7 Å². The largest absolute Gasteiger partial charge is 0.477 e. The summed E-state index contributed by atoms with van der Waals surface area (Å²) in [5, 5.41) is 8.31. The normalized spacial score (nSPS) is 9.29. The van der Waals surface area contributed by atoms with Crippen LogP contribution < -0.4 is 11.2 Å². The number of carboxylic acid groups (broad SMARTS) is 1. The minimum Gasteiger partial charge on any atom is -0.477 e. The second-order valence-corrected chi connectivity index (χ2v) is 3.58. The number of hydrogen-bond acceptors (Lipinski definition) is 3. The molecule has 0 bridgehead atoms. The monoisotopic (exact) mass is 262 g/mol. The van der Waals surface area contributed by atoms with E-state index in [0.29, 0.717) is 0 Å². The molecule has 6 nitrogen and oxygen atoms in total. The summed E-state index contributed by atoms with van der Waals surface area (Å²) in [6.07, 6.45) is 3.73. The number of carbonyl (C=O) groups is 1. The fourth-order valence-electron chi connectivity index (χ4n) is 0.928. The van der Waals surface area contributed by atoms with E-state index in [9.17, 15) is 14.4 Å². The third-order valence-electron chi connectivity index (χ3n) is 1.73. The molecule has 96 valence electrons. The van der Waals surface area contributed by atoms with E-state index in [2.05, 4.69) is 6.92 Å². The van der Waals surface area contributed by atoms with Crippen LogP contribution in [0.1, 0.15) is 36.7 Å². The van der Waals surface area contributed by atoms with Crippen molar-refractivity contribution in [3.63, 3.8) is 0 Å². The van der Waals surface area contributed by atoms with Gasteiger partial charge in [-0.3, -0.25) is 9.78 Å². The van der Waals surface area contributed by atoms with Gasteiger partial charge in [0.05, 0.1) is 0 Å². The standard InChI is InChI=1S/C5H11Cl.C5H4N2O4/c1-2-3-4-5-6;8-3-1-2(4(9)10)6-5(11)7-3/h2-5H2,1H3;1H,(H,9,10)(H2,6,7,8,11). The second-order valence-electron chi connectivity index (χ2n) is 3.20. The molecule has 0 aliphatic carbocycles. The van der Waals surface area contributed by atoms with Gasteiger partial charge in [0, 0.05) is 11.9 Å². The molecule has 0 saturated heterocycles. The summed E-state index contributed by atoms with van der Waals surface area (Å²) in [5.41, 5.74) is -1.97. The minimum atomic E-state index is -1.34. The summed E-state index contributed by atoms with van der Waals surface area (Å²) in [6.45, 7) is 2.17. The van der Waals surface area contributed by atoms with Crippen LogP contribution in [0.4, 0.5) is 0 Å². The number of nitrogens with one attached hydrogen (secondary N) is 2. The number of unbranched alkanes of at least 4 members (excludes halogenated alkanes) is 2. The molecule has 0 amide bonds. The molecule has 1 heterocycles. The number of H-pyrrole nitrogens is 2. The number of rotatable bonds is 4. The van der Waals surface area contributed by atoms with E-state index < -0.39 is 22.9 Å². The molecule has 0 radical (unpaired) electrons. The van der Waals surface area contributed by atoms with Crippen LogP contribution >= 0.6 is 11.6 Å². The van der Waals surface area contributed by atoms with E-state index in [0.717, 1.165) is 11.9 Å². The molecule has 0 spiro atoms. The Balaban J connectivity index is 0.000000366. The van der Waals surface area contributed by atoms with E-state index in [1.54, 1.807) is 0 Å². The van der Waals surface area contributed by atoms with Gasteiger partial charge in [0.25, 0.3) is 5.56 Å². The maximum atomic E-state index is 10.5. The summed E-state index contributed by atoms with van der Waals surface area (Å²) >= 11 is 5.38. The minimum absolute atomic E-state index is 0.418. The van der Waals surface area contributed by atoms with Gasteiger partial charge >= 0.3 is 11.7 Å². The van der Waals surface area contributed by atoms with Crippen LogP contribution in [0, 0.1) is 0 Å². The highest BCUT2D eigenvalue weighted by molar-refractivity contribution is 6.17. The molecule has 0 saturated carbocycles. The number of alkyl halides is 1. The Hall–Kier alpha value is -1.56. The van der Waals surface area contributed by atoms with Gasteiger partial charge in [-0.15, -0.1) is 11.6 Å². The molecule has 7 heteroatoms. The Kier molecular flexibility index (Phi) is 7.79. The van der Waals surface area contributed by atoms with Gasteiger partial charge in [0.1, 0.15) is 5.69 Å². The Morgan fingerprint density at radius 1 is 1.35 bits per heavy atom. The topological polar surface area (TPSA) is 103 Å². The zero-order chi connectivity index (χ0) is 13.3. The first-order valence-electron chi connectivity index (χ1n) is 5.14. The Morgan fingerprint density at radius 2 is 2.00 bits per heavy atom. The molecule has 0 aliphatic heterocycles. The predicted molar refractivity (Wildman–Crippen MR) is 64.9 cm³/mol. The number of aromatic carboxylic acids is 1. The third kappa shape index (κ3) is 7.35. The van der Waals surface area contributed by atoms with Gasteiger partial charge in [-0.2, -0.15) is 0 Å². The van der Waals surface area contributed by atoms with Gasteiger partial charge in [-0.05, 0) is 6.42 Å². The Labute approximate surface area is 103 Å². The van der Waals surface area contributed by atoms with Crippen molar-refractivity contribution in [2.45, 2.75) is 26.2 Å². The Bertz CT molecular complexity index is 420. The quantitative estimate of drug-likeness (QED) is 0.560. The molecule has 1 rings (SSSR count). The van der Waals surface area contributed by atoms with Crippen molar-refractivity contribution in [3.8, 4) is 0 Å². The highest BCUT2D eigenvalue weighted by Gasteiger charge is 2.03. The summed E-state index contributed by atoms with van der Waals surface area (Å²) in [4.78, 5) is 34.9. The number of carboxylic acids is 1. The second kappa shape index (κ2) is 8.58. The number of aromatic nitrogens is 2. The SMILES string of the molecule is CCCCCCl.O=C(O)c1cc(=O)[nH]c(=O)[nH]1. The summed E-state index contributed by atoms with van der Waals surface area (Å²) in [7, 11) is 0. The molecule has 1 aromatic heterocycles. The highest BCUT2D eigenvalue weighted by Crippen LogP contribution is 1.93. The molecule has 3 N–H and O–H groups in total. The van der Waals surface area contributed by atoms with Gasteiger partial charge in [0.15, 0.2) is 0 Å². The lowest BCUT2D eigenvalue weighted by Crippen LogP contribution is -2.24. The molecule has 0 aromatic carbocycles. The molecule has 0 aliphatic rings. The van der Waals surface area contributed by atoms with Crippen molar-refractivity contribution in [1.29, 1.82) is 0 Å². The fourth-order valence-corrected chi connectivity index (χ4v) is 1.12. The molecule has 0 unspecified atom stereocenters. The van der Waals surface area contributed by atoms with Crippen LogP contribution in [0.3, 0.4) is 0 Å². The number of halogens is 1. The lowest BCUT2D eigenvalue weighted by molar-refractivity contribution is 0.0689. The highest BCUT2D eigenvalue weighted by atomic mass is 35.5. The third-order valence-corrected chi connectivity index (χ3v) is 2.00. The summed E-state index contributed by atoms with van der Waals surface area (Å²) in [6, 6.07) is 0.795. The van der Waals surface area contributed by atoms with Gasteiger partial charge in [-0.25, -0.2) is 9.59 Å².